The van der Waals surface area contributed by atoms with Crippen molar-refractivity contribution in [2.45, 2.75) is 12.8 Å². The summed E-state index contributed by atoms with van der Waals surface area (Å²) in [5.74, 6) is -1.18. The second-order valence-electron chi connectivity index (χ2n) is 4.90. The van der Waals surface area contributed by atoms with Crippen LogP contribution >= 0.6 is 11.6 Å². The van der Waals surface area contributed by atoms with Crippen LogP contribution in [-0.4, -0.2) is 54.3 Å². The molecule has 0 aliphatic carbocycles. The van der Waals surface area contributed by atoms with E-state index in [2.05, 4.69) is 5.32 Å². The van der Waals surface area contributed by atoms with Gasteiger partial charge in [-0.25, -0.2) is 4.79 Å². The van der Waals surface area contributed by atoms with Crippen molar-refractivity contribution in [3.63, 3.8) is 0 Å². The largest absolute Gasteiger partial charge is 0.336 e. The fourth-order valence-electron chi connectivity index (χ4n) is 2.21. The number of halogens is 3. The predicted octanol–water partition coefficient (Wildman–Crippen LogP) is 2.67. The molecule has 1 saturated heterocycles. The van der Waals surface area contributed by atoms with Gasteiger partial charge in [0.1, 0.15) is 0 Å². The third-order valence-corrected chi connectivity index (χ3v) is 3.63. The molecule has 2 rings (SSSR count). The number of alkyl halides is 2. The summed E-state index contributed by atoms with van der Waals surface area (Å²) in [5.41, 5.74) is 0.596. The molecule has 5 nitrogen and oxygen atoms in total. The molecule has 1 aliphatic heterocycles. The molecule has 0 atom stereocenters. The van der Waals surface area contributed by atoms with Gasteiger partial charge in [-0.3, -0.25) is 4.79 Å². The Balaban J connectivity index is 1.91. The first-order valence-electron chi connectivity index (χ1n) is 6.86. The van der Waals surface area contributed by atoms with Crippen LogP contribution in [0, 0.1) is 0 Å². The van der Waals surface area contributed by atoms with Gasteiger partial charge in [0.15, 0.2) is 0 Å². The van der Waals surface area contributed by atoms with Gasteiger partial charge in [0.25, 0.3) is 5.91 Å². The number of rotatable bonds is 2. The smallest absolute Gasteiger partial charge is 0.321 e. The van der Waals surface area contributed by atoms with E-state index in [4.69, 9.17) is 11.6 Å². The van der Waals surface area contributed by atoms with E-state index in [1.54, 1.807) is 24.3 Å². The van der Waals surface area contributed by atoms with E-state index in [0.717, 1.165) is 4.90 Å². The number of benzene rings is 1. The molecule has 0 bridgehead atoms. The molecule has 8 heteroatoms. The molecule has 0 aromatic heterocycles. The lowest BCUT2D eigenvalue weighted by Crippen LogP contribution is -2.40. The van der Waals surface area contributed by atoms with E-state index < -0.39 is 12.3 Å². The van der Waals surface area contributed by atoms with Crippen LogP contribution in [0.5, 0.6) is 0 Å². The summed E-state index contributed by atoms with van der Waals surface area (Å²) in [7, 11) is 0. The number of amides is 3. The quantitative estimate of drug-likeness (QED) is 0.906. The third-order valence-electron chi connectivity index (χ3n) is 3.38. The SMILES string of the molecule is O=C(Nc1ccc(Cl)cc1)N1CCCN(C(=O)C(F)F)CC1. The molecule has 22 heavy (non-hydrogen) atoms. The van der Waals surface area contributed by atoms with Gasteiger partial charge in [-0.1, -0.05) is 11.6 Å². The molecule has 0 spiro atoms. The van der Waals surface area contributed by atoms with Crippen molar-refractivity contribution in [3.8, 4) is 0 Å². The van der Waals surface area contributed by atoms with Gasteiger partial charge in [0, 0.05) is 36.9 Å². The minimum atomic E-state index is -3.01. The Hall–Kier alpha value is -1.89. The van der Waals surface area contributed by atoms with Gasteiger partial charge >= 0.3 is 12.5 Å². The molecule has 1 N–H and O–H groups in total. The number of nitrogens with zero attached hydrogens (tertiary/aromatic N) is 2. The number of urea groups is 1. The first kappa shape index (κ1) is 16.5. The van der Waals surface area contributed by atoms with Crippen molar-refractivity contribution in [2.24, 2.45) is 0 Å². The second kappa shape index (κ2) is 7.40. The van der Waals surface area contributed by atoms with E-state index >= 15 is 0 Å². The highest BCUT2D eigenvalue weighted by atomic mass is 35.5. The maximum atomic E-state index is 12.4. The molecule has 1 fully saturated rings. The van der Waals surface area contributed by atoms with Crippen LogP contribution in [0.15, 0.2) is 24.3 Å². The summed E-state index contributed by atoms with van der Waals surface area (Å²) in [6.45, 7) is 0.968. The van der Waals surface area contributed by atoms with E-state index in [-0.39, 0.29) is 25.7 Å². The Labute approximate surface area is 131 Å². The van der Waals surface area contributed by atoms with Crippen molar-refractivity contribution >= 4 is 29.2 Å². The summed E-state index contributed by atoms with van der Waals surface area (Å²) in [4.78, 5) is 26.0. The average molecular weight is 332 g/mol. The molecule has 1 heterocycles. The molecule has 0 unspecified atom stereocenters. The minimum absolute atomic E-state index is 0.108. The highest BCUT2D eigenvalue weighted by molar-refractivity contribution is 6.30. The zero-order chi connectivity index (χ0) is 16.1. The molecule has 3 amide bonds. The zero-order valence-electron chi connectivity index (χ0n) is 11.8. The highest BCUT2D eigenvalue weighted by Crippen LogP contribution is 2.15. The van der Waals surface area contributed by atoms with Crippen molar-refractivity contribution in [3.05, 3.63) is 29.3 Å². The molecule has 1 aromatic rings. The van der Waals surface area contributed by atoms with E-state index in [1.807, 2.05) is 0 Å². The second-order valence-corrected chi connectivity index (χ2v) is 5.34. The van der Waals surface area contributed by atoms with Gasteiger partial charge in [0.2, 0.25) is 0 Å². The number of hydrogen-bond donors (Lipinski definition) is 1. The van der Waals surface area contributed by atoms with Gasteiger partial charge < -0.3 is 15.1 Å². The van der Waals surface area contributed by atoms with E-state index in [1.165, 1.54) is 4.90 Å². The molecule has 0 radical (unpaired) electrons. The van der Waals surface area contributed by atoms with Crippen LogP contribution in [0.1, 0.15) is 6.42 Å². The Morgan fingerprint density at radius 2 is 1.64 bits per heavy atom. The summed E-state index contributed by atoms with van der Waals surface area (Å²) < 4.78 is 24.9. The third kappa shape index (κ3) is 4.30. The van der Waals surface area contributed by atoms with Crippen molar-refractivity contribution in [2.75, 3.05) is 31.5 Å². The van der Waals surface area contributed by atoms with Crippen LogP contribution < -0.4 is 5.32 Å². The Morgan fingerprint density at radius 3 is 2.27 bits per heavy atom. The van der Waals surface area contributed by atoms with Crippen LogP contribution in [0.4, 0.5) is 19.3 Å². The summed E-state index contributed by atoms with van der Waals surface area (Å²) in [6, 6.07) is 6.33. The first-order chi connectivity index (χ1) is 10.5. The number of carbonyl (C=O) groups excluding carboxylic acids is 2. The molecular formula is C14H16ClF2N3O2. The number of carbonyl (C=O) groups is 2. The Kier molecular flexibility index (Phi) is 5.54. The van der Waals surface area contributed by atoms with Gasteiger partial charge in [-0.15, -0.1) is 0 Å². The number of hydrogen-bond acceptors (Lipinski definition) is 2. The first-order valence-corrected chi connectivity index (χ1v) is 7.23. The zero-order valence-corrected chi connectivity index (χ0v) is 12.5. The number of anilines is 1. The van der Waals surface area contributed by atoms with E-state index in [9.17, 15) is 18.4 Å². The van der Waals surface area contributed by atoms with Crippen molar-refractivity contribution in [1.29, 1.82) is 0 Å². The normalized spacial score (nSPS) is 15.6. The van der Waals surface area contributed by atoms with Crippen molar-refractivity contribution < 1.29 is 18.4 Å². The van der Waals surface area contributed by atoms with Crippen LogP contribution in [0.25, 0.3) is 0 Å². The standard InChI is InChI=1S/C14H16ClF2N3O2/c15-10-2-4-11(5-3-10)18-14(22)20-7-1-6-19(8-9-20)13(21)12(16)17/h2-5,12H,1,6-9H2,(H,18,22). The Bertz CT molecular complexity index is 539. The lowest BCUT2D eigenvalue weighted by Gasteiger charge is -2.22. The summed E-state index contributed by atoms with van der Waals surface area (Å²) in [6.07, 6.45) is -2.54. The molecule has 1 aliphatic rings. The van der Waals surface area contributed by atoms with Crippen LogP contribution in [0.3, 0.4) is 0 Å². The monoisotopic (exact) mass is 331 g/mol. The summed E-state index contributed by atoms with van der Waals surface area (Å²) >= 11 is 5.77. The minimum Gasteiger partial charge on any atom is -0.336 e. The van der Waals surface area contributed by atoms with Gasteiger partial charge in [-0.05, 0) is 30.7 Å². The summed E-state index contributed by atoms with van der Waals surface area (Å²) in [5, 5.41) is 3.27. The maximum Gasteiger partial charge on any atom is 0.321 e. The lowest BCUT2D eigenvalue weighted by atomic mass is 10.3. The van der Waals surface area contributed by atoms with Crippen molar-refractivity contribution in [1.82, 2.24) is 9.80 Å². The molecular weight excluding hydrogens is 316 g/mol. The predicted molar refractivity (Wildman–Crippen MR) is 79.2 cm³/mol. The maximum absolute atomic E-state index is 12.4. The fraction of sp³-hybridized carbons (Fsp3) is 0.429. The molecule has 1 aromatic carbocycles. The molecule has 0 saturated carbocycles. The van der Waals surface area contributed by atoms with E-state index in [0.29, 0.717) is 23.7 Å². The molecule has 120 valence electrons. The average Bonchev–Trinajstić information content (AvgIpc) is 2.74. The van der Waals surface area contributed by atoms with Crippen LogP contribution in [-0.2, 0) is 4.79 Å². The lowest BCUT2D eigenvalue weighted by molar-refractivity contribution is -0.142. The Morgan fingerprint density at radius 1 is 1.05 bits per heavy atom. The van der Waals surface area contributed by atoms with Gasteiger partial charge in [-0.2, -0.15) is 8.78 Å². The number of nitrogens with one attached hydrogen (secondary N) is 1. The van der Waals surface area contributed by atoms with Crippen LogP contribution in [0.2, 0.25) is 5.02 Å². The highest BCUT2D eigenvalue weighted by Gasteiger charge is 2.26. The van der Waals surface area contributed by atoms with Gasteiger partial charge in [0.05, 0.1) is 0 Å². The fourth-order valence-corrected chi connectivity index (χ4v) is 2.34. The topological polar surface area (TPSA) is 52.7 Å².